The summed E-state index contributed by atoms with van der Waals surface area (Å²) >= 11 is 0. The van der Waals surface area contributed by atoms with Crippen molar-refractivity contribution < 1.29 is 64.5 Å². The van der Waals surface area contributed by atoms with Crippen LogP contribution < -0.4 is 31.5 Å². The third-order valence-electron chi connectivity index (χ3n) is 9.86. The van der Waals surface area contributed by atoms with E-state index in [1.807, 2.05) is 0 Å². The van der Waals surface area contributed by atoms with Gasteiger partial charge in [-0.25, -0.2) is 4.39 Å². The molecule has 2 atom stereocenters. The van der Waals surface area contributed by atoms with E-state index in [4.69, 9.17) is 10.6 Å². The molecule has 0 aliphatic carbocycles. The van der Waals surface area contributed by atoms with Gasteiger partial charge in [0.1, 0.15) is 17.6 Å². The summed E-state index contributed by atoms with van der Waals surface area (Å²) in [5, 5.41) is 19.6. The van der Waals surface area contributed by atoms with Crippen LogP contribution in [-0.2, 0) is 26.7 Å². The number of nitrogens with zero attached hydrogens (tertiary/aromatic N) is 3. The number of piperidine rings is 1. The lowest BCUT2D eigenvalue weighted by atomic mass is 10.0. The number of ether oxygens (including phenoxy) is 1. The van der Waals surface area contributed by atoms with Gasteiger partial charge in [0.25, 0.3) is 18.2 Å². The summed E-state index contributed by atoms with van der Waals surface area (Å²) in [6.07, 6.45) is -8.18. The van der Waals surface area contributed by atoms with Gasteiger partial charge in [-0.05, 0) is 61.4 Å². The smallest absolute Gasteiger partial charge is 0.420 e. The Hall–Kier alpha value is -6.22. The third-order valence-corrected chi connectivity index (χ3v) is 9.86. The zero-order valence-corrected chi connectivity index (χ0v) is 32.5. The second kappa shape index (κ2) is 19.4. The number of halogens is 7. The number of hydrogen-bond acceptors (Lipinski definition) is 10. The molecule has 3 aromatic carbocycles. The first kappa shape index (κ1) is 45.9. The molecule has 328 valence electrons. The molecule has 21 heteroatoms. The van der Waals surface area contributed by atoms with Gasteiger partial charge in [0, 0.05) is 36.8 Å². The number of nitrogens with two attached hydrogens (primary N) is 1. The summed E-state index contributed by atoms with van der Waals surface area (Å²) < 4.78 is 103. The number of amides is 5. The number of anilines is 2. The Labute approximate surface area is 344 Å². The number of benzene rings is 3. The van der Waals surface area contributed by atoms with Crippen LogP contribution in [0.3, 0.4) is 0 Å². The molecule has 1 fully saturated rings. The van der Waals surface area contributed by atoms with Gasteiger partial charge in [0.05, 0.1) is 27.9 Å². The first-order valence-electron chi connectivity index (χ1n) is 19.0. The third kappa shape index (κ3) is 11.1. The number of hydrogen-bond donors (Lipinski definition) is 5. The second-order valence-corrected chi connectivity index (χ2v) is 14.1. The molecule has 5 rings (SSSR count). The van der Waals surface area contributed by atoms with Crippen LogP contribution in [0.1, 0.15) is 95.2 Å². The van der Waals surface area contributed by atoms with Gasteiger partial charge in [-0.2, -0.15) is 32.5 Å². The number of hydrazine groups is 1. The number of imide groups is 2. The summed E-state index contributed by atoms with van der Waals surface area (Å²) in [5.74, 6) is 0.611. The van der Waals surface area contributed by atoms with Gasteiger partial charge in [0.15, 0.2) is 0 Å². The summed E-state index contributed by atoms with van der Waals surface area (Å²) in [6, 6.07) is 7.87. The zero-order valence-electron chi connectivity index (χ0n) is 32.5. The number of unbranched alkanes of at least 4 members (excludes halogenated alkanes) is 5. The van der Waals surface area contributed by atoms with E-state index in [1.165, 1.54) is 37.4 Å². The van der Waals surface area contributed by atoms with Crippen LogP contribution in [-0.4, -0.2) is 65.6 Å². The van der Waals surface area contributed by atoms with Gasteiger partial charge in [-0.15, -0.1) is 6.54 Å². The normalized spacial score (nSPS) is 16.3. The number of carbonyl (C=O) groups is 5. The van der Waals surface area contributed by atoms with Crippen molar-refractivity contribution in [2.45, 2.75) is 82.6 Å². The van der Waals surface area contributed by atoms with Gasteiger partial charge < -0.3 is 30.8 Å². The maximum Gasteiger partial charge on any atom is 0.420 e. The van der Waals surface area contributed by atoms with Crippen molar-refractivity contribution in [1.29, 1.82) is 0 Å². The fourth-order valence-electron chi connectivity index (χ4n) is 6.69. The van der Waals surface area contributed by atoms with Crippen LogP contribution >= 0.6 is 0 Å². The molecule has 14 nitrogen and oxygen atoms in total. The lowest BCUT2D eigenvalue weighted by molar-refractivity contribution is -0.145. The Bertz CT molecular complexity index is 2160. The first-order chi connectivity index (χ1) is 28.8. The predicted molar refractivity (Wildman–Crippen MR) is 205 cm³/mol. The summed E-state index contributed by atoms with van der Waals surface area (Å²) in [6.45, 7) is 0.106. The highest BCUT2D eigenvalue weighted by Gasteiger charge is 2.46. The molecule has 0 aromatic heterocycles. The van der Waals surface area contributed by atoms with E-state index in [9.17, 15) is 59.8 Å². The van der Waals surface area contributed by atoms with E-state index in [0.29, 0.717) is 44.6 Å². The molecule has 61 heavy (non-hydrogen) atoms. The molecule has 5 amide bonds. The highest BCUT2D eigenvalue weighted by Crippen LogP contribution is 2.45. The maximum atomic E-state index is 14.2. The molecule has 2 heterocycles. The average molecular weight is 865 g/mol. The quantitative estimate of drug-likeness (QED) is 0.0233. The van der Waals surface area contributed by atoms with Crippen molar-refractivity contribution in [3.8, 4) is 5.75 Å². The lowest BCUT2D eigenvalue weighted by Gasteiger charge is -2.29. The Kier molecular flexibility index (Phi) is 14.6. The number of aliphatic hydroxyl groups is 1. The number of rotatable bonds is 18. The zero-order chi connectivity index (χ0) is 44.6. The molecule has 0 saturated carbocycles. The Morgan fingerprint density at radius 1 is 0.984 bits per heavy atom. The monoisotopic (exact) mass is 864 g/mol. The van der Waals surface area contributed by atoms with Crippen molar-refractivity contribution in [3.05, 3.63) is 99.7 Å². The SMILES string of the molecule is CN(c1ccc(F)cc1)C(O)Oc1c(/C(=C/[N-]CCCCCCCCC(=O)Nc2cccc3c2C(=O)N(C2CCC(=O)NC2=O)C3=O)NN)cc(C(F)(F)F)cc1C(F)(F)F. The number of aliphatic hydroxyl groups excluding tert-OH is 1. The van der Waals surface area contributed by atoms with Gasteiger partial charge in [-0.3, -0.25) is 40.0 Å². The molecule has 6 N–H and O–H groups in total. The van der Waals surface area contributed by atoms with Crippen LogP contribution in [0.4, 0.5) is 42.1 Å². The molecule has 3 aromatic rings. The fraction of sp³-hybridized carbons (Fsp3) is 0.375. The van der Waals surface area contributed by atoms with Crippen LogP contribution in [0.5, 0.6) is 5.75 Å². The maximum absolute atomic E-state index is 14.2. The van der Waals surface area contributed by atoms with Crippen LogP contribution in [0.15, 0.2) is 60.8 Å². The molecule has 0 radical (unpaired) electrons. The van der Waals surface area contributed by atoms with E-state index >= 15 is 0 Å². The highest BCUT2D eigenvalue weighted by atomic mass is 19.4. The number of alkyl halides is 6. The minimum atomic E-state index is -5.38. The Morgan fingerprint density at radius 3 is 2.30 bits per heavy atom. The molecule has 2 aliphatic rings. The van der Waals surface area contributed by atoms with Crippen molar-refractivity contribution in [1.82, 2.24) is 15.6 Å². The Balaban J connectivity index is 1.12. The summed E-state index contributed by atoms with van der Waals surface area (Å²) in [4.78, 5) is 64.7. The average Bonchev–Trinajstić information content (AvgIpc) is 3.45. The molecular weight excluding hydrogens is 823 g/mol. The molecule has 1 saturated heterocycles. The molecule has 2 unspecified atom stereocenters. The van der Waals surface area contributed by atoms with Crippen molar-refractivity contribution in [2.75, 3.05) is 23.8 Å². The van der Waals surface area contributed by atoms with Crippen LogP contribution in [0.2, 0.25) is 0 Å². The predicted octanol–water partition coefficient (Wildman–Crippen LogP) is 6.56. The molecule has 2 aliphatic heterocycles. The highest BCUT2D eigenvalue weighted by molar-refractivity contribution is 6.26. The van der Waals surface area contributed by atoms with Crippen LogP contribution in [0.25, 0.3) is 11.0 Å². The number of carbonyl (C=O) groups excluding carboxylic acids is 5. The fourth-order valence-corrected chi connectivity index (χ4v) is 6.69. The Morgan fingerprint density at radius 2 is 1.66 bits per heavy atom. The van der Waals surface area contributed by atoms with Crippen molar-refractivity contribution in [3.63, 3.8) is 0 Å². The topological polar surface area (TPSA) is 198 Å². The van der Waals surface area contributed by atoms with E-state index in [-0.39, 0.29) is 54.4 Å². The number of nitrogens with one attached hydrogen (secondary N) is 3. The van der Waals surface area contributed by atoms with Crippen molar-refractivity contribution in [2.24, 2.45) is 5.84 Å². The van der Waals surface area contributed by atoms with Gasteiger partial charge >= 0.3 is 12.4 Å². The standard InChI is InChI=1S/C40H42F7N7O7/c1-53(24-14-12-23(41)13-15-24)38(60)61-34-26(19-22(39(42,43)44)20-27(34)40(45,46)47)29(52-48)21-49-18-7-5-3-2-4-6-11-31(55)50-28-10-8-9-25-33(28)37(59)54(36(25)58)30-16-17-32(56)51-35(30)57/h8-10,12-15,19-21,30,38,60H,2-7,11,16-18H2,1H3,(H6,48,49,50,51,52,55,56,57,58,59)/p-1. The van der Waals surface area contributed by atoms with E-state index in [0.717, 1.165) is 28.1 Å². The lowest BCUT2D eigenvalue weighted by Crippen LogP contribution is -2.54. The summed E-state index contributed by atoms with van der Waals surface area (Å²) in [5.41, 5.74) is -2.53. The van der Waals surface area contributed by atoms with Crippen LogP contribution in [0, 0.1) is 5.82 Å². The van der Waals surface area contributed by atoms with E-state index < -0.39 is 88.3 Å². The minimum Gasteiger partial charge on any atom is -0.689 e. The number of fused-ring (bicyclic) bond motifs is 1. The largest absolute Gasteiger partial charge is 0.689 e. The van der Waals surface area contributed by atoms with Crippen molar-refractivity contribution >= 4 is 46.6 Å². The summed E-state index contributed by atoms with van der Waals surface area (Å²) in [7, 11) is 1.20. The van der Waals surface area contributed by atoms with E-state index in [1.54, 1.807) is 0 Å². The van der Waals surface area contributed by atoms with Gasteiger partial charge in [-0.1, -0.05) is 38.2 Å². The molecule has 0 bridgehead atoms. The second-order valence-electron chi connectivity index (χ2n) is 14.1. The molecule has 0 spiro atoms. The molecular formula is C40H41F7N7O7-. The van der Waals surface area contributed by atoms with E-state index in [2.05, 4.69) is 21.4 Å². The first-order valence-corrected chi connectivity index (χ1v) is 19.0. The van der Waals surface area contributed by atoms with Gasteiger partial charge in [0.2, 0.25) is 17.7 Å². The minimum absolute atomic E-state index is 0.0150.